The summed E-state index contributed by atoms with van der Waals surface area (Å²) in [4.78, 5) is 25.5. The van der Waals surface area contributed by atoms with E-state index in [0.29, 0.717) is 27.0 Å². The molecule has 0 amide bonds. The van der Waals surface area contributed by atoms with Gasteiger partial charge in [0, 0.05) is 11.1 Å². The fourth-order valence-electron chi connectivity index (χ4n) is 10.6. The topological polar surface area (TPSA) is 34.1 Å². The van der Waals surface area contributed by atoms with Gasteiger partial charge in [0.25, 0.3) is 0 Å². The summed E-state index contributed by atoms with van der Waals surface area (Å²) in [5, 5.41) is 3.79. The van der Waals surface area contributed by atoms with Crippen molar-refractivity contribution in [2.45, 2.75) is 279 Å². The fourth-order valence-corrected chi connectivity index (χ4v) is 16.0. The predicted molar refractivity (Wildman–Crippen MR) is 344 cm³/mol. The Labute approximate surface area is 468 Å². The number of hydrogen-bond donors (Lipinski definition) is 0. The number of hydrogen-bond acceptors (Lipinski definition) is 2. The lowest BCUT2D eigenvalue weighted by atomic mass is 9.95. The smallest absolute Gasteiger partial charge is 0.171 e. The molecular formula is C71H118O2P2. The van der Waals surface area contributed by atoms with Crippen LogP contribution in [-0.2, 0) is 0 Å². The maximum Gasteiger partial charge on any atom is 0.171 e. The Morgan fingerprint density at radius 1 is 0.267 bits per heavy atom. The van der Waals surface area contributed by atoms with Gasteiger partial charge < -0.3 is 0 Å². The molecule has 0 radical (unpaired) electrons. The van der Waals surface area contributed by atoms with E-state index in [0.717, 1.165) is 21.5 Å². The quantitative estimate of drug-likeness (QED) is 0.0191. The average Bonchev–Trinajstić information content (AvgIpc) is 3.43. The first-order valence-electron chi connectivity index (χ1n) is 32.4. The van der Waals surface area contributed by atoms with Gasteiger partial charge in [0.2, 0.25) is 0 Å². The van der Waals surface area contributed by atoms with Crippen LogP contribution >= 0.6 is 15.8 Å². The van der Waals surface area contributed by atoms with E-state index in [9.17, 15) is 9.59 Å². The van der Waals surface area contributed by atoms with Crippen molar-refractivity contribution < 1.29 is 9.59 Å². The van der Waals surface area contributed by atoms with Gasteiger partial charge in [-0.1, -0.05) is 319 Å². The summed E-state index contributed by atoms with van der Waals surface area (Å²) in [6.07, 6.45) is 62.4. The molecule has 0 saturated heterocycles. The minimum Gasteiger partial charge on any atom is -0.294 e. The summed E-state index contributed by atoms with van der Waals surface area (Å²) in [5.74, 6) is -0.288. The van der Waals surface area contributed by atoms with Crippen molar-refractivity contribution in [1.82, 2.24) is 0 Å². The van der Waals surface area contributed by atoms with Crippen LogP contribution in [0.4, 0.5) is 0 Å². The van der Waals surface area contributed by atoms with Crippen molar-refractivity contribution in [1.29, 1.82) is 0 Å². The van der Waals surface area contributed by atoms with Crippen LogP contribution in [0.2, 0.25) is 0 Å². The second-order valence-corrected chi connectivity index (χ2v) is 27.7. The Bertz CT molecular complexity index is 1700. The number of fused-ring (bicyclic) bond motifs is 2. The zero-order chi connectivity index (χ0) is 54.1. The largest absolute Gasteiger partial charge is 0.294 e. The molecule has 0 atom stereocenters. The third-order valence-electron chi connectivity index (χ3n) is 15.5. The highest BCUT2D eigenvalue weighted by Crippen LogP contribution is 2.41. The van der Waals surface area contributed by atoms with Gasteiger partial charge in [0.05, 0.1) is 6.42 Å². The van der Waals surface area contributed by atoms with Crippen LogP contribution in [0.1, 0.15) is 300 Å². The Balaban J connectivity index is 0.000000385. The SMILES string of the molecule is CCCCCCCCP(CCCCCCCC)CCCCCCCC.CCCCCCCCP(CCCCCCCC)CCCCCCCC.O=C(CC(=O)c1cccc2ccccc12)c1cccc2ccccc12. The molecule has 0 heterocycles. The van der Waals surface area contributed by atoms with Gasteiger partial charge in [-0.2, -0.15) is 0 Å². The van der Waals surface area contributed by atoms with E-state index in [-0.39, 0.29) is 18.0 Å². The maximum absolute atomic E-state index is 12.8. The summed E-state index contributed by atoms with van der Waals surface area (Å²) in [5.41, 5.74) is 1.21. The Morgan fingerprint density at radius 3 is 0.733 bits per heavy atom. The summed E-state index contributed by atoms with van der Waals surface area (Å²) >= 11 is 0. The second kappa shape index (κ2) is 49.9. The van der Waals surface area contributed by atoms with E-state index in [1.54, 1.807) is 49.1 Å². The van der Waals surface area contributed by atoms with Gasteiger partial charge in [-0.15, -0.1) is 15.8 Å². The molecule has 4 aromatic carbocycles. The lowest BCUT2D eigenvalue weighted by Gasteiger charge is -2.18. The Morgan fingerprint density at radius 2 is 0.480 bits per heavy atom. The molecule has 0 saturated carbocycles. The first-order chi connectivity index (χ1) is 36.9. The highest BCUT2D eigenvalue weighted by Gasteiger charge is 2.18. The predicted octanol–water partition coefficient (Wildman–Crippen LogP) is 24.5. The van der Waals surface area contributed by atoms with Gasteiger partial charge in [0.15, 0.2) is 11.6 Å². The van der Waals surface area contributed by atoms with Crippen molar-refractivity contribution in [3.05, 3.63) is 96.1 Å². The van der Waals surface area contributed by atoms with E-state index in [4.69, 9.17) is 0 Å². The Kier molecular flexibility index (Phi) is 45.7. The second-order valence-electron chi connectivity index (χ2n) is 22.4. The fraction of sp³-hybridized carbons (Fsp3) is 0.690. The minimum atomic E-state index is -0.144. The van der Waals surface area contributed by atoms with Gasteiger partial charge in [0.1, 0.15) is 0 Å². The van der Waals surface area contributed by atoms with Crippen LogP contribution < -0.4 is 0 Å². The molecule has 0 aliphatic heterocycles. The number of unbranched alkanes of at least 4 members (excludes halogenated alkanes) is 30. The number of benzene rings is 4. The number of carbonyl (C=O) groups excluding carboxylic acids is 2. The van der Waals surface area contributed by atoms with Crippen molar-refractivity contribution in [3.63, 3.8) is 0 Å². The zero-order valence-electron chi connectivity index (χ0n) is 50.2. The monoisotopic (exact) mass is 1060 g/mol. The highest BCUT2D eigenvalue weighted by molar-refractivity contribution is 7.57. The molecule has 0 aliphatic rings. The zero-order valence-corrected chi connectivity index (χ0v) is 52.0. The molecule has 0 bridgehead atoms. The van der Waals surface area contributed by atoms with E-state index < -0.39 is 0 Å². The standard InChI is InChI=1S/2C24H51P.C23H16O2/c2*1-4-7-10-13-16-19-22-25(23-20-17-14-11-8-5-2)24-21-18-15-12-9-6-3;24-22(20-13-5-9-16-7-1-3-11-18(16)20)15-23(25)21-14-6-10-17-8-2-4-12-19(17)21/h2*4-24H2,1-3H3;1-14H,15H2. The first kappa shape index (κ1) is 68.7. The average molecular weight is 1070 g/mol. The molecule has 0 spiro atoms. The maximum atomic E-state index is 12.8. The number of Topliss-reactive ketones (excluding diaryl/α,β-unsaturated/α-hetero) is 2. The van der Waals surface area contributed by atoms with E-state index in [1.165, 1.54) is 231 Å². The van der Waals surface area contributed by atoms with Crippen LogP contribution in [0.3, 0.4) is 0 Å². The molecule has 0 unspecified atom stereocenters. The first-order valence-corrected chi connectivity index (χ1v) is 36.2. The van der Waals surface area contributed by atoms with Crippen molar-refractivity contribution in [2.75, 3.05) is 37.0 Å². The number of ketones is 2. The molecule has 0 fully saturated rings. The molecule has 4 aromatic rings. The van der Waals surface area contributed by atoms with E-state index in [2.05, 4.69) is 41.5 Å². The normalized spacial score (nSPS) is 11.3. The third-order valence-corrected chi connectivity index (χ3v) is 21.2. The summed E-state index contributed by atoms with van der Waals surface area (Å²) in [7, 11) is 0.732. The van der Waals surface area contributed by atoms with Crippen LogP contribution in [0.5, 0.6) is 0 Å². The summed E-state index contributed by atoms with van der Waals surface area (Å²) in [6, 6.07) is 26.7. The molecular weight excluding hydrogens is 947 g/mol. The van der Waals surface area contributed by atoms with Crippen LogP contribution in [0, 0.1) is 0 Å². The summed E-state index contributed by atoms with van der Waals surface area (Å²) < 4.78 is 0. The molecule has 0 aromatic heterocycles. The molecule has 4 rings (SSSR count). The van der Waals surface area contributed by atoms with Crippen molar-refractivity contribution in [2.24, 2.45) is 0 Å². The minimum absolute atomic E-state index is 0.123. The van der Waals surface area contributed by atoms with Gasteiger partial charge in [-0.25, -0.2) is 0 Å². The van der Waals surface area contributed by atoms with Crippen molar-refractivity contribution >= 4 is 49.0 Å². The molecule has 75 heavy (non-hydrogen) atoms. The molecule has 2 nitrogen and oxygen atoms in total. The number of rotatable bonds is 46. The van der Waals surface area contributed by atoms with Gasteiger partial charge in [-0.05, 0) is 97.0 Å². The lowest BCUT2D eigenvalue weighted by Crippen LogP contribution is -2.09. The number of carbonyl (C=O) groups is 2. The van der Waals surface area contributed by atoms with E-state index in [1.807, 2.05) is 72.8 Å². The van der Waals surface area contributed by atoms with Crippen LogP contribution in [-0.4, -0.2) is 48.5 Å². The molecule has 424 valence electrons. The summed E-state index contributed by atoms with van der Waals surface area (Å²) in [6.45, 7) is 13.9. The van der Waals surface area contributed by atoms with Crippen molar-refractivity contribution in [3.8, 4) is 0 Å². The molecule has 4 heteroatoms. The lowest BCUT2D eigenvalue weighted by molar-refractivity contribution is 0.0896. The molecule has 0 aliphatic carbocycles. The van der Waals surface area contributed by atoms with Gasteiger partial charge in [-0.3, -0.25) is 9.59 Å². The highest BCUT2D eigenvalue weighted by atomic mass is 31.1. The van der Waals surface area contributed by atoms with Crippen LogP contribution in [0.15, 0.2) is 84.9 Å². The third kappa shape index (κ3) is 35.0. The van der Waals surface area contributed by atoms with E-state index >= 15 is 0 Å². The van der Waals surface area contributed by atoms with Gasteiger partial charge >= 0.3 is 0 Å². The Hall–Kier alpha value is -2.40. The molecule has 0 N–H and O–H groups in total. The van der Waals surface area contributed by atoms with Crippen LogP contribution in [0.25, 0.3) is 21.5 Å².